The molecule has 3 aromatic rings. The van der Waals surface area contributed by atoms with Gasteiger partial charge in [0.2, 0.25) is 0 Å². The Morgan fingerprint density at radius 2 is 1.67 bits per heavy atom. The molecule has 1 aromatic heterocycles. The molecule has 1 unspecified atom stereocenters. The van der Waals surface area contributed by atoms with Gasteiger partial charge in [-0.3, -0.25) is 0 Å². The van der Waals surface area contributed by atoms with Crippen LogP contribution in [0, 0.1) is 0 Å². The van der Waals surface area contributed by atoms with Crippen LogP contribution in [0.1, 0.15) is 18.4 Å². The van der Waals surface area contributed by atoms with Crippen LogP contribution >= 0.6 is 0 Å². The Labute approximate surface area is 146 Å². The minimum absolute atomic E-state index is 0.647. The number of imidazole rings is 1. The summed E-state index contributed by atoms with van der Waals surface area (Å²) in [5.74, 6) is 0. The Bertz CT molecular complexity index is 705. The largest absolute Gasteiger partial charge is 0.341 e. The van der Waals surface area contributed by atoms with Crippen LogP contribution in [-0.2, 0) is 12.6 Å². The molecule has 0 N–H and O–H groups in total. The lowest BCUT2D eigenvalue weighted by Gasteiger charge is -2.10. The van der Waals surface area contributed by atoms with E-state index in [1.807, 2.05) is 12.5 Å². The van der Waals surface area contributed by atoms with Crippen LogP contribution < -0.4 is 0 Å². The Balaban J connectivity index is 1.40. The molecule has 0 saturated heterocycles. The maximum atomic E-state index is 4.13. The Morgan fingerprint density at radius 3 is 2.38 bits per heavy atom. The highest BCUT2D eigenvalue weighted by Gasteiger charge is 2.05. The lowest BCUT2D eigenvalue weighted by atomic mass is 10.0. The summed E-state index contributed by atoms with van der Waals surface area (Å²) in [6.45, 7) is 2.47. The minimum atomic E-state index is -0.647. The predicted molar refractivity (Wildman–Crippen MR) is 105 cm³/mol. The van der Waals surface area contributed by atoms with Crippen LogP contribution in [0.3, 0.4) is 0 Å². The first-order chi connectivity index (χ1) is 11.8. The van der Waals surface area contributed by atoms with Gasteiger partial charge in [-0.05, 0) is 29.5 Å². The molecule has 124 valence electrons. The number of hydrogen-bond donors (Lipinski definition) is 0. The fourth-order valence-electron chi connectivity index (χ4n) is 3.16. The summed E-state index contributed by atoms with van der Waals surface area (Å²) in [4.78, 5) is 4.13. The average molecular weight is 335 g/mol. The van der Waals surface area contributed by atoms with Crippen molar-refractivity contribution >= 4 is 8.80 Å². The molecule has 2 nitrogen and oxygen atoms in total. The molecule has 1 atom stereocenters. The summed E-state index contributed by atoms with van der Waals surface area (Å²) >= 11 is 0. The van der Waals surface area contributed by atoms with Crippen molar-refractivity contribution in [2.24, 2.45) is 0 Å². The highest BCUT2D eigenvalue weighted by Crippen LogP contribution is 2.20. The molecule has 0 aliphatic rings. The third kappa shape index (κ3) is 4.93. The molecule has 2 aromatic carbocycles. The lowest BCUT2D eigenvalue weighted by Crippen LogP contribution is -2.15. The molecule has 0 aliphatic heterocycles. The van der Waals surface area contributed by atoms with Crippen molar-refractivity contribution in [3.05, 3.63) is 78.9 Å². The molecule has 0 saturated carbocycles. The van der Waals surface area contributed by atoms with Crippen molar-refractivity contribution in [1.82, 2.24) is 9.55 Å². The van der Waals surface area contributed by atoms with Gasteiger partial charge in [0.15, 0.2) is 0 Å². The van der Waals surface area contributed by atoms with E-state index in [4.69, 9.17) is 0 Å². The van der Waals surface area contributed by atoms with E-state index >= 15 is 0 Å². The van der Waals surface area contributed by atoms with Crippen molar-refractivity contribution in [2.75, 3.05) is 0 Å². The van der Waals surface area contributed by atoms with Crippen LogP contribution in [0.2, 0.25) is 12.6 Å². The summed E-state index contributed by atoms with van der Waals surface area (Å²) in [6, 6.07) is 21.1. The summed E-state index contributed by atoms with van der Waals surface area (Å²) in [5.41, 5.74) is 4.06. The van der Waals surface area contributed by atoms with Crippen molar-refractivity contribution in [1.29, 1.82) is 0 Å². The van der Waals surface area contributed by atoms with Gasteiger partial charge in [-0.2, -0.15) is 0 Å². The molecular weight excluding hydrogens is 308 g/mol. The van der Waals surface area contributed by atoms with E-state index in [0.29, 0.717) is 0 Å². The number of nitrogens with zero attached hydrogens (tertiary/aromatic N) is 2. The number of aryl methyl sites for hydroxylation is 1. The maximum absolute atomic E-state index is 4.13. The van der Waals surface area contributed by atoms with E-state index in [9.17, 15) is 0 Å². The third-order valence-electron chi connectivity index (χ3n) is 4.56. The number of hydrogen-bond acceptors (Lipinski definition) is 1. The van der Waals surface area contributed by atoms with Crippen LogP contribution in [0.15, 0.2) is 73.3 Å². The van der Waals surface area contributed by atoms with Crippen LogP contribution in [0.25, 0.3) is 11.1 Å². The zero-order chi connectivity index (χ0) is 16.6. The fourth-order valence-corrected chi connectivity index (χ4v) is 5.27. The van der Waals surface area contributed by atoms with Gasteiger partial charge in [-0.1, -0.05) is 73.6 Å². The topological polar surface area (TPSA) is 17.8 Å². The summed E-state index contributed by atoms with van der Waals surface area (Å²) in [6.07, 6.45) is 11.0. The van der Waals surface area contributed by atoms with Crippen LogP contribution in [0.5, 0.6) is 0 Å². The fraction of sp³-hybridized carbons (Fsp3) is 0.286. The van der Waals surface area contributed by atoms with E-state index in [1.165, 1.54) is 48.2 Å². The first-order valence-electron chi connectivity index (χ1n) is 8.91. The first-order valence-corrected chi connectivity index (χ1v) is 11.7. The lowest BCUT2D eigenvalue weighted by molar-refractivity contribution is 0.775. The zero-order valence-electron chi connectivity index (χ0n) is 14.4. The summed E-state index contributed by atoms with van der Waals surface area (Å²) in [5, 5.41) is 0. The molecule has 0 amide bonds. The van der Waals surface area contributed by atoms with Crippen molar-refractivity contribution in [3.8, 4) is 11.1 Å². The Kier molecular flexibility index (Phi) is 6.02. The maximum Gasteiger partial charge on any atom is 0.0942 e. The van der Waals surface area contributed by atoms with Gasteiger partial charge in [0, 0.05) is 18.6 Å². The molecule has 0 spiro atoms. The standard InChI is InChI=1S/C21H26N2Si/c1-24(18-23-15-14-22-17-23)16-6-5-7-19-10-12-21(13-11-19)20-8-3-2-4-9-20/h2-4,8-15,17,24H,5-7,16,18H2,1H3. The number of unbranched alkanes of at least 4 members (excludes halogenated alkanes) is 1. The highest BCUT2D eigenvalue weighted by atomic mass is 28.3. The molecule has 3 heteroatoms. The van der Waals surface area contributed by atoms with Gasteiger partial charge in [-0.25, -0.2) is 4.98 Å². The van der Waals surface area contributed by atoms with Gasteiger partial charge in [-0.15, -0.1) is 0 Å². The summed E-state index contributed by atoms with van der Waals surface area (Å²) in [7, 11) is -0.647. The van der Waals surface area contributed by atoms with Gasteiger partial charge in [0.1, 0.15) is 0 Å². The molecule has 0 fully saturated rings. The van der Waals surface area contributed by atoms with E-state index in [-0.39, 0.29) is 0 Å². The van der Waals surface area contributed by atoms with E-state index in [1.54, 1.807) is 0 Å². The Morgan fingerprint density at radius 1 is 0.917 bits per heavy atom. The predicted octanol–water partition coefficient (Wildman–Crippen LogP) is 4.97. The second kappa shape index (κ2) is 8.64. The second-order valence-corrected chi connectivity index (χ2v) is 9.83. The van der Waals surface area contributed by atoms with E-state index in [0.717, 1.165) is 0 Å². The normalized spacial score (nSPS) is 12.2. The minimum Gasteiger partial charge on any atom is -0.341 e. The number of benzene rings is 2. The van der Waals surface area contributed by atoms with Gasteiger partial charge < -0.3 is 4.57 Å². The molecule has 0 radical (unpaired) electrons. The quantitative estimate of drug-likeness (QED) is 0.420. The van der Waals surface area contributed by atoms with Crippen molar-refractivity contribution < 1.29 is 0 Å². The van der Waals surface area contributed by atoms with Gasteiger partial charge in [0.05, 0.1) is 15.1 Å². The molecular formula is C21H26N2Si. The van der Waals surface area contributed by atoms with Crippen molar-refractivity contribution in [2.45, 2.75) is 38.0 Å². The smallest absolute Gasteiger partial charge is 0.0942 e. The number of rotatable bonds is 8. The molecule has 1 heterocycles. The second-order valence-electron chi connectivity index (χ2n) is 6.67. The van der Waals surface area contributed by atoms with Crippen LogP contribution in [0.4, 0.5) is 0 Å². The van der Waals surface area contributed by atoms with Gasteiger partial charge >= 0.3 is 0 Å². The molecule has 0 bridgehead atoms. The first kappa shape index (κ1) is 16.7. The average Bonchev–Trinajstić information content (AvgIpc) is 3.13. The molecule has 3 rings (SSSR count). The third-order valence-corrected chi connectivity index (χ3v) is 6.99. The molecule has 24 heavy (non-hydrogen) atoms. The highest BCUT2D eigenvalue weighted by molar-refractivity contribution is 6.55. The van der Waals surface area contributed by atoms with Crippen LogP contribution in [-0.4, -0.2) is 18.3 Å². The molecule has 0 aliphatic carbocycles. The number of aromatic nitrogens is 2. The summed E-state index contributed by atoms with van der Waals surface area (Å²) < 4.78 is 2.24. The van der Waals surface area contributed by atoms with E-state index < -0.39 is 8.80 Å². The van der Waals surface area contributed by atoms with E-state index in [2.05, 4.69) is 76.9 Å². The SMILES string of the molecule is C[SiH](CCCCc1ccc(-c2ccccc2)cc1)Cn1ccnc1. The Hall–Kier alpha value is -2.13. The zero-order valence-corrected chi connectivity index (χ0v) is 15.6. The van der Waals surface area contributed by atoms with Gasteiger partial charge in [0.25, 0.3) is 0 Å². The monoisotopic (exact) mass is 334 g/mol. The van der Waals surface area contributed by atoms with Crippen molar-refractivity contribution in [3.63, 3.8) is 0 Å².